The number of rotatable bonds is 6. The fraction of sp³-hybridized carbons (Fsp3) is 0.423. The molecule has 184 valence electrons. The molecule has 3 heterocycles. The monoisotopic (exact) mass is 480 g/mol. The zero-order valence-electron chi connectivity index (χ0n) is 19.7. The van der Waals surface area contributed by atoms with E-state index >= 15 is 0 Å². The minimum atomic E-state index is -0.880. The van der Waals surface area contributed by atoms with E-state index in [1.165, 1.54) is 24.0 Å². The van der Waals surface area contributed by atoms with Crippen molar-refractivity contribution >= 4 is 23.3 Å². The Kier molecular flexibility index (Phi) is 6.19. The number of hydrogen-bond acceptors (Lipinski definition) is 6. The summed E-state index contributed by atoms with van der Waals surface area (Å²) in [6, 6.07) is 14.0. The lowest BCUT2D eigenvalue weighted by Gasteiger charge is -2.42. The second-order valence-electron chi connectivity index (χ2n) is 9.34. The van der Waals surface area contributed by atoms with Gasteiger partial charge in [0.2, 0.25) is 0 Å². The largest absolute Gasteiger partial charge is 0.489 e. The van der Waals surface area contributed by atoms with E-state index in [9.17, 15) is 19.1 Å². The highest BCUT2D eigenvalue weighted by Crippen LogP contribution is 2.48. The molecule has 0 spiro atoms. The summed E-state index contributed by atoms with van der Waals surface area (Å²) in [5.74, 6) is 0.0519. The van der Waals surface area contributed by atoms with Crippen molar-refractivity contribution in [3.8, 4) is 5.75 Å². The van der Waals surface area contributed by atoms with Gasteiger partial charge in [0.05, 0.1) is 5.41 Å². The molecule has 1 fully saturated rings. The number of carbonyl (C=O) groups excluding carboxylic acids is 1. The summed E-state index contributed by atoms with van der Waals surface area (Å²) in [6.07, 6.45) is 0.563. The second-order valence-corrected chi connectivity index (χ2v) is 9.34. The van der Waals surface area contributed by atoms with Gasteiger partial charge >= 0.3 is 6.09 Å². The quantitative estimate of drug-likeness (QED) is 0.683. The SMILES string of the molecule is CC(=O)C1=NN2c3cc(F)ccc3OCC2[C@]1(CCCN1CCN(C(=O)O)CC1)c1ccccc1. The molecule has 2 aromatic rings. The summed E-state index contributed by atoms with van der Waals surface area (Å²) in [6.45, 7) is 5.00. The van der Waals surface area contributed by atoms with Crippen LogP contribution in [0.4, 0.5) is 14.9 Å². The maximum Gasteiger partial charge on any atom is 0.407 e. The van der Waals surface area contributed by atoms with E-state index in [1.54, 1.807) is 11.1 Å². The molecule has 35 heavy (non-hydrogen) atoms. The van der Waals surface area contributed by atoms with Crippen LogP contribution in [0.25, 0.3) is 0 Å². The van der Waals surface area contributed by atoms with Crippen LogP contribution in [0, 0.1) is 5.82 Å². The topological polar surface area (TPSA) is 85.7 Å². The van der Waals surface area contributed by atoms with Gasteiger partial charge in [0.15, 0.2) is 5.78 Å². The first-order valence-electron chi connectivity index (χ1n) is 12.0. The molecule has 5 rings (SSSR count). The van der Waals surface area contributed by atoms with Crippen LogP contribution in [0.1, 0.15) is 25.3 Å². The first-order chi connectivity index (χ1) is 16.9. The summed E-state index contributed by atoms with van der Waals surface area (Å²) < 4.78 is 20.2. The van der Waals surface area contributed by atoms with Crippen LogP contribution in [-0.2, 0) is 10.2 Å². The third kappa shape index (κ3) is 4.14. The van der Waals surface area contributed by atoms with Gasteiger partial charge in [0, 0.05) is 39.2 Å². The zero-order chi connectivity index (χ0) is 24.6. The number of amides is 1. The van der Waals surface area contributed by atoms with E-state index in [4.69, 9.17) is 9.84 Å². The molecule has 9 heteroatoms. The number of nitrogens with zero attached hydrogens (tertiary/aromatic N) is 4. The maximum atomic E-state index is 14.2. The average Bonchev–Trinajstić information content (AvgIpc) is 3.21. The Balaban J connectivity index is 1.45. The van der Waals surface area contributed by atoms with Crippen LogP contribution < -0.4 is 9.75 Å². The van der Waals surface area contributed by atoms with Gasteiger partial charge in [-0.3, -0.25) is 14.7 Å². The highest BCUT2D eigenvalue weighted by molar-refractivity contribution is 6.43. The van der Waals surface area contributed by atoms with Crippen molar-refractivity contribution in [2.45, 2.75) is 31.2 Å². The third-order valence-corrected chi connectivity index (χ3v) is 7.37. The smallest absolute Gasteiger partial charge is 0.407 e. The Morgan fingerprint density at radius 1 is 1.14 bits per heavy atom. The Hall–Kier alpha value is -3.46. The van der Waals surface area contributed by atoms with E-state index in [0.29, 0.717) is 56.4 Å². The highest BCUT2D eigenvalue weighted by Gasteiger charge is 2.55. The molecule has 8 nitrogen and oxygen atoms in total. The van der Waals surface area contributed by atoms with Crippen LogP contribution in [0.3, 0.4) is 0 Å². The van der Waals surface area contributed by atoms with Crippen molar-refractivity contribution in [3.63, 3.8) is 0 Å². The fourth-order valence-corrected chi connectivity index (χ4v) is 5.65. The van der Waals surface area contributed by atoms with Gasteiger partial charge in [0.1, 0.15) is 35.6 Å². The number of carbonyl (C=O) groups is 2. The molecule has 0 aliphatic carbocycles. The van der Waals surface area contributed by atoms with E-state index in [0.717, 1.165) is 18.5 Å². The summed E-state index contributed by atoms with van der Waals surface area (Å²) in [5, 5.41) is 15.8. The zero-order valence-corrected chi connectivity index (χ0v) is 19.7. The molecule has 0 bridgehead atoms. The first kappa shape index (κ1) is 23.3. The summed E-state index contributed by atoms with van der Waals surface area (Å²) in [5.41, 5.74) is 1.27. The van der Waals surface area contributed by atoms with Gasteiger partial charge in [-0.2, -0.15) is 5.10 Å². The maximum absolute atomic E-state index is 14.2. The van der Waals surface area contributed by atoms with E-state index < -0.39 is 11.5 Å². The number of anilines is 1. The molecular weight excluding hydrogens is 451 g/mol. The third-order valence-electron chi connectivity index (χ3n) is 7.37. The molecule has 1 N–H and O–H groups in total. The van der Waals surface area contributed by atoms with Gasteiger partial charge in [-0.15, -0.1) is 0 Å². The van der Waals surface area contributed by atoms with Gasteiger partial charge < -0.3 is 14.7 Å². The van der Waals surface area contributed by atoms with Crippen LogP contribution in [0.2, 0.25) is 0 Å². The number of Topliss-reactive ketones (excluding diaryl/α,β-unsaturated/α-hetero) is 1. The number of hydrazone groups is 1. The minimum absolute atomic E-state index is 0.115. The first-order valence-corrected chi connectivity index (χ1v) is 12.0. The number of piperazine rings is 1. The Morgan fingerprint density at radius 3 is 2.57 bits per heavy atom. The normalized spacial score (nSPS) is 23.8. The summed E-state index contributed by atoms with van der Waals surface area (Å²) in [4.78, 5) is 27.9. The van der Waals surface area contributed by atoms with Crippen molar-refractivity contribution in [2.24, 2.45) is 5.10 Å². The number of halogens is 1. The second kappa shape index (κ2) is 9.30. The predicted octanol–water partition coefficient (Wildman–Crippen LogP) is 3.37. The summed E-state index contributed by atoms with van der Waals surface area (Å²) in [7, 11) is 0. The van der Waals surface area contributed by atoms with Crippen molar-refractivity contribution in [1.82, 2.24) is 9.80 Å². The van der Waals surface area contributed by atoms with Gasteiger partial charge in [0.25, 0.3) is 0 Å². The molecule has 2 aromatic carbocycles. The van der Waals surface area contributed by atoms with E-state index in [1.807, 2.05) is 30.3 Å². The molecule has 3 aliphatic rings. The number of fused-ring (bicyclic) bond motifs is 3. The molecule has 1 saturated heterocycles. The van der Waals surface area contributed by atoms with Crippen LogP contribution in [0.15, 0.2) is 53.6 Å². The molecule has 0 radical (unpaired) electrons. The average molecular weight is 481 g/mol. The van der Waals surface area contributed by atoms with E-state index in [2.05, 4.69) is 4.90 Å². The molecule has 3 aliphatic heterocycles. The van der Waals surface area contributed by atoms with Crippen molar-refractivity contribution in [1.29, 1.82) is 0 Å². The number of ketones is 1. The molecular formula is C26H29FN4O4. The molecule has 0 aromatic heterocycles. The van der Waals surface area contributed by atoms with Gasteiger partial charge in [-0.1, -0.05) is 30.3 Å². The van der Waals surface area contributed by atoms with Crippen molar-refractivity contribution in [2.75, 3.05) is 44.3 Å². The molecule has 0 saturated carbocycles. The summed E-state index contributed by atoms with van der Waals surface area (Å²) >= 11 is 0. The Labute approximate surface area is 203 Å². The number of benzene rings is 2. The van der Waals surface area contributed by atoms with Crippen molar-refractivity contribution < 1.29 is 23.8 Å². The van der Waals surface area contributed by atoms with E-state index in [-0.39, 0.29) is 17.6 Å². The lowest BCUT2D eigenvalue weighted by Crippen LogP contribution is -2.54. The minimum Gasteiger partial charge on any atom is -0.489 e. The van der Waals surface area contributed by atoms with Crippen LogP contribution in [-0.4, -0.2) is 77.9 Å². The molecule has 2 atom stereocenters. The van der Waals surface area contributed by atoms with Gasteiger partial charge in [-0.05, 0) is 37.1 Å². The number of hydrogen-bond donors (Lipinski definition) is 1. The number of carboxylic acid groups (broad SMARTS) is 1. The van der Waals surface area contributed by atoms with Gasteiger partial charge in [-0.25, -0.2) is 9.18 Å². The number of ether oxygens (including phenoxy) is 1. The lowest BCUT2D eigenvalue weighted by molar-refractivity contribution is -0.111. The molecule has 1 unspecified atom stereocenters. The predicted molar refractivity (Wildman–Crippen MR) is 130 cm³/mol. The van der Waals surface area contributed by atoms with Crippen LogP contribution in [0.5, 0.6) is 5.75 Å². The van der Waals surface area contributed by atoms with Crippen molar-refractivity contribution in [3.05, 3.63) is 59.9 Å². The molecule has 1 amide bonds. The Bertz CT molecular complexity index is 1150. The van der Waals surface area contributed by atoms with Crippen LogP contribution >= 0.6 is 0 Å². The fourth-order valence-electron chi connectivity index (χ4n) is 5.65. The lowest BCUT2D eigenvalue weighted by atomic mass is 9.67. The Morgan fingerprint density at radius 2 is 1.89 bits per heavy atom. The standard InChI is InChI=1S/C26H29FN4O4/c1-18(32)24-26(19-6-3-2-4-7-19,10-5-11-29-12-14-30(15-13-29)25(33)34)23-17-35-22-9-8-20(27)16-21(22)31(23)28-24/h2-4,6-9,16,23H,5,10-15,17H2,1H3,(H,33,34)/t23?,26-/m0/s1. The highest BCUT2D eigenvalue weighted by atomic mass is 19.1.